The molecule has 0 unspecified atom stereocenters. The van der Waals surface area contributed by atoms with E-state index in [4.69, 9.17) is 5.26 Å². The standard InChI is InChI=1S/C21H21FN4O/c22-18-10-17(20(27)9-14-6-8-26(12-14)13-23)4-3-16(18)11-21-24-7-5-19(25-21)15-1-2-15/h3-5,7,10,14-15H,1-2,6,8-9,11-12H2/t14-/m0/s1. The van der Waals surface area contributed by atoms with Crippen LogP contribution in [0.25, 0.3) is 0 Å². The van der Waals surface area contributed by atoms with Crippen molar-refractivity contribution in [3.8, 4) is 6.19 Å². The van der Waals surface area contributed by atoms with Crippen molar-refractivity contribution in [2.24, 2.45) is 5.92 Å². The number of Topliss-reactive ketones (excluding diaryl/α,β-unsaturated/α-hetero) is 1. The van der Waals surface area contributed by atoms with Crippen molar-refractivity contribution in [1.82, 2.24) is 14.9 Å². The van der Waals surface area contributed by atoms with Crippen LogP contribution in [0.3, 0.4) is 0 Å². The molecule has 1 saturated heterocycles. The molecule has 1 saturated carbocycles. The topological polar surface area (TPSA) is 69.9 Å². The van der Waals surface area contributed by atoms with E-state index >= 15 is 0 Å². The van der Waals surface area contributed by atoms with Crippen LogP contribution in [0.2, 0.25) is 0 Å². The number of rotatable bonds is 6. The van der Waals surface area contributed by atoms with E-state index in [1.807, 2.05) is 6.07 Å². The maximum absolute atomic E-state index is 14.5. The van der Waals surface area contributed by atoms with Gasteiger partial charge in [0, 0.05) is 49.3 Å². The molecule has 27 heavy (non-hydrogen) atoms. The lowest BCUT2D eigenvalue weighted by Gasteiger charge is -2.10. The lowest BCUT2D eigenvalue weighted by Crippen LogP contribution is -2.15. The zero-order chi connectivity index (χ0) is 18.8. The second-order valence-corrected chi connectivity index (χ2v) is 7.48. The van der Waals surface area contributed by atoms with E-state index in [-0.39, 0.29) is 11.7 Å². The number of carbonyl (C=O) groups is 1. The molecule has 1 aromatic heterocycles. The number of likely N-dealkylation sites (tertiary alicyclic amines) is 1. The van der Waals surface area contributed by atoms with Gasteiger partial charge in [-0.1, -0.05) is 12.1 Å². The minimum absolute atomic E-state index is 0.0720. The van der Waals surface area contributed by atoms with Crippen molar-refractivity contribution in [3.63, 3.8) is 0 Å². The number of hydrogen-bond donors (Lipinski definition) is 0. The molecule has 1 aliphatic heterocycles. The highest BCUT2D eigenvalue weighted by molar-refractivity contribution is 5.96. The van der Waals surface area contributed by atoms with Gasteiger partial charge in [0.15, 0.2) is 12.0 Å². The Morgan fingerprint density at radius 3 is 2.85 bits per heavy atom. The number of aromatic nitrogens is 2. The van der Waals surface area contributed by atoms with Crippen LogP contribution in [-0.4, -0.2) is 33.7 Å². The van der Waals surface area contributed by atoms with Crippen molar-refractivity contribution < 1.29 is 9.18 Å². The van der Waals surface area contributed by atoms with E-state index in [2.05, 4.69) is 16.2 Å². The summed E-state index contributed by atoms with van der Waals surface area (Å²) >= 11 is 0. The lowest BCUT2D eigenvalue weighted by atomic mass is 9.96. The minimum Gasteiger partial charge on any atom is -0.310 e. The number of halogens is 1. The van der Waals surface area contributed by atoms with Gasteiger partial charge >= 0.3 is 0 Å². The first-order chi connectivity index (χ1) is 13.1. The number of nitrogens with zero attached hydrogens (tertiary/aromatic N) is 4. The molecule has 2 fully saturated rings. The second-order valence-electron chi connectivity index (χ2n) is 7.48. The summed E-state index contributed by atoms with van der Waals surface area (Å²) in [7, 11) is 0. The zero-order valence-corrected chi connectivity index (χ0v) is 15.1. The average molecular weight is 364 g/mol. The Balaban J connectivity index is 1.42. The third-order valence-electron chi connectivity index (χ3n) is 5.35. The molecule has 0 bridgehead atoms. The Hall–Kier alpha value is -2.81. The van der Waals surface area contributed by atoms with Crippen LogP contribution in [0.1, 0.15) is 59.0 Å². The largest absolute Gasteiger partial charge is 0.310 e. The predicted molar refractivity (Wildman–Crippen MR) is 97.5 cm³/mol. The van der Waals surface area contributed by atoms with E-state index in [0.717, 1.165) is 25.0 Å². The summed E-state index contributed by atoms with van der Waals surface area (Å²) in [6, 6.07) is 6.59. The highest BCUT2D eigenvalue weighted by Gasteiger charge is 2.26. The third kappa shape index (κ3) is 4.13. The number of carbonyl (C=O) groups excluding carboxylic acids is 1. The fourth-order valence-corrected chi connectivity index (χ4v) is 3.61. The van der Waals surface area contributed by atoms with Crippen LogP contribution in [-0.2, 0) is 6.42 Å². The van der Waals surface area contributed by atoms with Crippen LogP contribution in [0.15, 0.2) is 30.5 Å². The minimum atomic E-state index is -0.397. The van der Waals surface area contributed by atoms with Gasteiger partial charge < -0.3 is 4.90 Å². The second kappa shape index (κ2) is 7.43. The molecule has 5 nitrogen and oxygen atoms in total. The fourth-order valence-electron chi connectivity index (χ4n) is 3.61. The first-order valence-electron chi connectivity index (χ1n) is 9.40. The molecule has 2 aromatic rings. The Kier molecular flexibility index (Phi) is 4.85. The van der Waals surface area contributed by atoms with Gasteiger partial charge in [0.25, 0.3) is 0 Å². The fraction of sp³-hybridized carbons (Fsp3) is 0.429. The molecule has 1 atom stereocenters. The summed E-state index contributed by atoms with van der Waals surface area (Å²) in [4.78, 5) is 22.9. The van der Waals surface area contributed by atoms with Gasteiger partial charge in [0.1, 0.15) is 11.6 Å². The van der Waals surface area contributed by atoms with Gasteiger partial charge in [0.05, 0.1) is 0 Å². The van der Waals surface area contributed by atoms with Gasteiger partial charge in [-0.3, -0.25) is 4.79 Å². The molecular weight excluding hydrogens is 343 g/mol. The highest BCUT2D eigenvalue weighted by Crippen LogP contribution is 2.38. The first-order valence-corrected chi connectivity index (χ1v) is 9.40. The van der Waals surface area contributed by atoms with Gasteiger partial charge in [-0.2, -0.15) is 5.26 Å². The van der Waals surface area contributed by atoms with E-state index in [1.54, 1.807) is 23.2 Å². The molecule has 1 aliphatic carbocycles. The van der Waals surface area contributed by atoms with Gasteiger partial charge in [-0.25, -0.2) is 14.4 Å². The van der Waals surface area contributed by atoms with E-state index in [1.165, 1.54) is 6.07 Å². The summed E-state index contributed by atoms with van der Waals surface area (Å²) in [5.74, 6) is 0.839. The molecule has 2 heterocycles. The van der Waals surface area contributed by atoms with Crippen molar-refractivity contribution in [2.75, 3.05) is 13.1 Å². The van der Waals surface area contributed by atoms with Gasteiger partial charge in [-0.05, 0) is 42.9 Å². The summed E-state index contributed by atoms with van der Waals surface area (Å²) in [5, 5.41) is 8.91. The van der Waals surface area contributed by atoms with Crippen molar-refractivity contribution in [1.29, 1.82) is 5.26 Å². The van der Waals surface area contributed by atoms with Crippen LogP contribution in [0.5, 0.6) is 0 Å². The molecular formula is C21H21FN4O. The molecule has 2 aliphatic rings. The Bertz CT molecular complexity index is 903. The molecule has 4 rings (SSSR count). The molecule has 138 valence electrons. The average Bonchev–Trinajstić information content (AvgIpc) is 3.43. The molecule has 0 radical (unpaired) electrons. The lowest BCUT2D eigenvalue weighted by molar-refractivity contribution is 0.0962. The van der Waals surface area contributed by atoms with Crippen molar-refractivity contribution in [2.45, 2.75) is 38.0 Å². The maximum atomic E-state index is 14.5. The number of nitriles is 1. The van der Waals surface area contributed by atoms with E-state index in [9.17, 15) is 9.18 Å². The monoisotopic (exact) mass is 364 g/mol. The Labute approximate surface area is 157 Å². The number of ketones is 1. The highest BCUT2D eigenvalue weighted by atomic mass is 19.1. The smallest absolute Gasteiger partial charge is 0.179 e. The summed E-state index contributed by atoms with van der Waals surface area (Å²) < 4.78 is 14.5. The van der Waals surface area contributed by atoms with Crippen LogP contribution < -0.4 is 0 Å². The van der Waals surface area contributed by atoms with Crippen molar-refractivity contribution >= 4 is 5.78 Å². The summed E-state index contributed by atoms with van der Waals surface area (Å²) in [6.07, 6.45) is 7.67. The Morgan fingerprint density at radius 2 is 2.15 bits per heavy atom. The van der Waals surface area contributed by atoms with Gasteiger partial charge in [0.2, 0.25) is 0 Å². The predicted octanol–water partition coefficient (Wildman–Crippen LogP) is 3.46. The van der Waals surface area contributed by atoms with E-state index < -0.39 is 5.82 Å². The molecule has 0 N–H and O–H groups in total. The van der Waals surface area contributed by atoms with Crippen molar-refractivity contribution in [3.05, 3.63) is 58.9 Å². The zero-order valence-electron chi connectivity index (χ0n) is 15.1. The van der Waals surface area contributed by atoms with Crippen LogP contribution in [0.4, 0.5) is 4.39 Å². The molecule has 0 amide bonds. The summed E-state index contributed by atoms with van der Waals surface area (Å²) in [5.41, 5.74) is 1.92. The summed E-state index contributed by atoms with van der Waals surface area (Å²) in [6.45, 7) is 1.30. The first kappa shape index (κ1) is 17.6. The quantitative estimate of drug-likeness (QED) is 0.580. The molecule has 6 heteroatoms. The third-order valence-corrected chi connectivity index (χ3v) is 5.35. The van der Waals surface area contributed by atoms with Crippen LogP contribution in [0, 0.1) is 23.2 Å². The van der Waals surface area contributed by atoms with E-state index in [0.29, 0.717) is 48.8 Å². The molecule has 0 spiro atoms. The molecule has 1 aromatic carbocycles. The number of hydrogen-bond acceptors (Lipinski definition) is 5. The number of benzene rings is 1. The maximum Gasteiger partial charge on any atom is 0.179 e. The normalized spacial score (nSPS) is 19.1. The Morgan fingerprint density at radius 1 is 1.30 bits per heavy atom. The SMILES string of the molecule is N#CN1CC[C@@H](CC(=O)c2ccc(Cc3nccc(C4CC4)n3)c(F)c2)C1. The van der Waals surface area contributed by atoms with Crippen LogP contribution >= 0.6 is 0 Å². The van der Waals surface area contributed by atoms with Gasteiger partial charge in [-0.15, -0.1) is 0 Å².